The maximum atomic E-state index is 12.3. The number of carbonyl (C=O) groups excluding carboxylic acids is 2. The molecule has 1 heterocycles. The number of primary amides is 1. The van der Waals surface area contributed by atoms with E-state index >= 15 is 0 Å². The van der Waals surface area contributed by atoms with Gasteiger partial charge >= 0.3 is 0 Å². The van der Waals surface area contributed by atoms with Crippen LogP contribution in [-0.2, 0) is 0 Å². The number of hydrogen-bond donors (Lipinski definition) is 2. The lowest BCUT2D eigenvalue weighted by molar-refractivity contribution is 0.0656. The normalized spacial score (nSPS) is 18.6. The van der Waals surface area contributed by atoms with Gasteiger partial charge in [-0.2, -0.15) is 0 Å². The summed E-state index contributed by atoms with van der Waals surface area (Å²) in [6, 6.07) is 6.71. The highest BCUT2D eigenvalue weighted by atomic mass is 35.5. The van der Waals surface area contributed by atoms with Crippen LogP contribution in [0.25, 0.3) is 0 Å². The van der Waals surface area contributed by atoms with Crippen LogP contribution in [0.1, 0.15) is 27.6 Å². The van der Waals surface area contributed by atoms with Gasteiger partial charge in [-0.05, 0) is 25.1 Å². The minimum atomic E-state index is -0.516. The van der Waals surface area contributed by atoms with E-state index in [-0.39, 0.29) is 24.4 Å². The van der Waals surface area contributed by atoms with Gasteiger partial charge in [0.15, 0.2) is 0 Å². The number of benzene rings is 1. The zero-order valence-corrected chi connectivity index (χ0v) is 11.6. The predicted molar refractivity (Wildman–Crippen MR) is 75.6 cm³/mol. The summed E-state index contributed by atoms with van der Waals surface area (Å²) in [5.74, 6) is -0.565. The molecule has 0 aromatic heterocycles. The Labute approximate surface area is 118 Å². The SMILES string of the molecule is CC1CNCCN1C(=O)c1cccc(C(N)=O)c1.Cl. The van der Waals surface area contributed by atoms with Crippen LogP contribution in [0, 0.1) is 0 Å². The first-order valence-corrected chi connectivity index (χ1v) is 6.01. The van der Waals surface area contributed by atoms with E-state index in [4.69, 9.17) is 5.73 Å². The zero-order valence-electron chi connectivity index (χ0n) is 10.8. The monoisotopic (exact) mass is 283 g/mol. The number of nitrogens with one attached hydrogen (secondary N) is 1. The molecule has 1 aliphatic heterocycles. The van der Waals surface area contributed by atoms with Crippen LogP contribution < -0.4 is 11.1 Å². The molecule has 0 spiro atoms. The van der Waals surface area contributed by atoms with E-state index in [1.807, 2.05) is 11.8 Å². The van der Waals surface area contributed by atoms with Crippen LogP contribution in [0.2, 0.25) is 0 Å². The molecule has 19 heavy (non-hydrogen) atoms. The van der Waals surface area contributed by atoms with Gasteiger partial charge in [0.25, 0.3) is 5.91 Å². The van der Waals surface area contributed by atoms with Crippen molar-refractivity contribution in [2.45, 2.75) is 13.0 Å². The van der Waals surface area contributed by atoms with E-state index in [0.29, 0.717) is 17.7 Å². The van der Waals surface area contributed by atoms with Crippen molar-refractivity contribution in [1.29, 1.82) is 0 Å². The zero-order chi connectivity index (χ0) is 13.1. The highest BCUT2D eigenvalue weighted by Gasteiger charge is 2.24. The van der Waals surface area contributed by atoms with Crippen molar-refractivity contribution in [2.24, 2.45) is 5.73 Å². The fraction of sp³-hybridized carbons (Fsp3) is 0.385. The number of hydrogen-bond acceptors (Lipinski definition) is 3. The minimum Gasteiger partial charge on any atom is -0.366 e. The summed E-state index contributed by atoms with van der Waals surface area (Å²) in [6.07, 6.45) is 0. The van der Waals surface area contributed by atoms with Gasteiger partial charge in [0.2, 0.25) is 5.91 Å². The molecule has 6 heteroatoms. The summed E-state index contributed by atoms with van der Waals surface area (Å²) in [7, 11) is 0. The molecule has 1 aromatic carbocycles. The summed E-state index contributed by atoms with van der Waals surface area (Å²) in [5.41, 5.74) is 6.09. The Morgan fingerprint density at radius 3 is 2.68 bits per heavy atom. The largest absolute Gasteiger partial charge is 0.366 e. The third-order valence-electron chi connectivity index (χ3n) is 3.16. The summed E-state index contributed by atoms with van der Waals surface area (Å²) < 4.78 is 0. The molecule has 3 N–H and O–H groups in total. The third kappa shape index (κ3) is 3.45. The van der Waals surface area contributed by atoms with Crippen molar-refractivity contribution in [2.75, 3.05) is 19.6 Å². The van der Waals surface area contributed by atoms with Gasteiger partial charge in [-0.3, -0.25) is 9.59 Å². The lowest BCUT2D eigenvalue weighted by Crippen LogP contribution is -2.52. The lowest BCUT2D eigenvalue weighted by atomic mass is 10.1. The number of halogens is 1. The molecule has 0 saturated carbocycles. The van der Waals surface area contributed by atoms with Crippen LogP contribution in [-0.4, -0.2) is 42.4 Å². The van der Waals surface area contributed by atoms with E-state index in [0.717, 1.165) is 13.1 Å². The summed E-state index contributed by atoms with van der Waals surface area (Å²) in [4.78, 5) is 25.3. The standard InChI is InChI=1S/C13H17N3O2.ClH/c1-9-8-15-5-6-16(9)13(18)11-4-2-3-10(7-11)12(14)17;/h2-4,7,9,15H,5-6,8H2,1H3,(H2,14,17);1H. The Hall–Kier alpha value is -1.59. The smallest absolute Gasteiger partial charge is 0.254 e. The topological polar surface area (TPSA) is 75.4 Å². The fourth-order valence-corrected chi connectivity index (χ4v) is 2.11. The Kier molecular flexibility index (Phi) is 5.32. The van der Waals surface area contributed by atoms with Crippen LogP contribution in [0.5, 0.6) is 0 Å². The van der Waals surface area contributed by atoms with Crippen molar-refractivity contribution in [3.8, 4) is 0 Å². The second-order valence-corrected chi connectivity index (χ2v) is 4.50. The molecule has 0 radical (unpaired) electrons. The van der Waals surface area contributed by atoms with Gasteiger partial charge in [0, 0.05) is 36.8 Å². The van der Waals surface area contributed by atoms with Crippen LogP contribution in [0.4, 0.5) is 0 Å². The molecule has 1 saturated heterocycles. The van der Waals surface area contributed by atoms with Gasteiger partial charge in [-0.15, -0.1) is 12.4 Å². The Morgan fingerprint density at radius 1 is 1.37 bits per heavy atom. The average molecular weight is 284 g/mol. The Bertz CT molecular complexity index is 479. The fourth-order valence-electron chi connectivity index (χ4n) is 2.11. The number of nitrogens with two attached hydrogens (primary N) is 1. The molecule has 1 fully saturated rings. The van der Waals surface area contributed by atoms with Crippen molar-refractivity contribution >= 4 is 24.2 Å². The molecule has 5 nitrogen and oxygen atoms in total. The van der Waals surface area contributed by atoms with Crippen LogP contribution >= 0.6 is 12.4 Å². The molecule has 0 aliphatic carbocycles. The van der Waals surface area contributed by atoms with E-state index in [1.165, 1.54) is 0 Å². The molecular weight excluding hydrogens is 266 g/mol. The van der Waals surface area contributed by atoms with Crippen molar-refractivity contribution in [3.05, 3.63) is 35.4 Å². The first kappa shape index (κ1) is 15.5. The van der Waals surface area contributed by atoms with Crippen LogP contribution in [0.15, 0.2) is 24.3 Å². The van der Waals surface area contributed by atoms with Gasteiger partial charge in [0.05, 0.1) is 0 Å². The van der Waals surface area contributed by atoms with E-state index in [9.17, 15) is 9.59 Å². The van der Waals surface area contributed by atoms with Gasteiger partial charge in [-0.1, -0.05) is 6.07 Å². The van der Waals surface area contributed by atoms with E-state index < -0.39 is 5.91 Å². The number of piperazine rings is 1. The van der Waals surface area contributed by atoms with Crippen LogP contribution in [0.3, 0.4) is 0 Å². The third-order valence-corrected chi connectivity index (χ3v) is 3.16. The summed E-state index contributed by atoms with van der Waals surface area (Å²) >= 11 is 0. The molecule has 2 amide bonds. The molecule has 0 bridgehead atoms. The molecule has 1 aromatic rings. The maximum Gasteiger partial charge on any atom is 0.254 e. The number of nitrogens with zero attached hydrogens (tertiary/aromatic N) is 1. The molecule has 1 aliphatic rings. The number of carbonyl (C=O) groups is 2. The van der Waals surface area contributed by atoms with Gasteiger partial charge < -0.3 is 16.0 Å². The molecular formula is C13H18ClN3O2. The van der Waals surface area contributed by atoms with Gasteiger partial charge in [-0.25, -0.2) is 0 Å². The quantitative estimate of drug-likeness (QED) is 0.836. The maximum absolute atomic E-state index is 12.3. The summed E-state index contributed by atoms with van der Waals surface area (Å²) in [5, 5.41) is 3.23. The molecule has 1 unspecified atom stereocenters. The minimum absolute atomic E-state index is 0. The number of amides is 2. The lowest BCUT2D eigenvalue weighted by Gasteiger charge is -2.34. The van der Waals surface area contributed by atoms with Gasteiger partial charge in [0.1, 0.15) is 0 Å². The second kappa shape index (κ2) is 6.54. The molecule has 104 valence electrons. The Morgan fingerprint density at radius 2 is 2.05 bits per heavy atom. The molecule has 2 rings (SSSR count). The van der Waals surface area contributed by atoms with Crippen molar-refractivity contribution in [1.82, 2.24) is 10.2 Å². The van der Waals surface area contributed by atoms with Crippen molar-refractivity contribution < 1.29 is 9.59 Å². The second-order valence-electron chi connectivity index (χ2n) is 4.50. The predicted octanol–water partition coefficient (Wildman–Crippen LogP) is 0.641. The van der Waals surface area contributed by atoms with E-state index in [2.05, 4.69) is 5.32 Å². The average Bonchev–Trinajstić information content (AvgIpc) is 2.38. The molecule has 1 atom stereocenters. The Balaban J connectivity index is 0.00000180. The highest BCUT2D eigenvalue weighted by Crippen LogP contribution is 2.12. The number of rotatable bonds is 2. The summed E-state index contributed by atoms with van der Waals surface area (Å²) in [6.45, 7) is 4.27. The highest BCUT2D eigenvalue weighted by molar-refractivity contribution is 5.99. The van der Waals surface area contributed by atoms with Crippen molar-refractivity contribution in [3.63, 3.8) is 0 Å². The van der Waals surface area contributed by atoms with E-state index in [1.54, 1.807) is 24.3 Å². The first-order chi connectivity index (χ1) is 8.59. The first-order valence-electron chi connectivity index (χ1n) is 6.01.